The Balaban J connectivity index is 1.87. The Morgan fingerprint density at radius 3 is 2.62 bits per heavy atom. The summed E-state index contributed by atoms with van der Waals surface area (Å²) in [5.41, 5.74) is 3.21. The van der Waals surface area contributed by atoms with Gasteiger partial charge in [0.05, 0.1) is 0 Å². The zero-order valence-corrected chi connectivity index (χ0v) is 14.4. The van der Waals surface area contributed by atoms with Gasteiger partial charge in [-0.15, -0.1) is 0 Å². The van der Waals surface area contributed by atoms with E-state index in [9.17, 15) is 4.79 Å². The lowest BCUT2D eigenvalue weighted by Gasteiger charge is -2.12. The number of halogens is 1. The first-order chi connectivity index (χ1) is 10.1. The number of carbonyl (C=O) groups excluding carboxylic acids is 1. The topological polar surface area (TPSA) is 45.7 Å². The van der Waals surface area contributed by atoms with Gasteiger partial charge in [-0.05, 0) is 60.2 Å². The van der Waals surface area contributed by atoms with Gasteiger partial charge in [0.2, 0.25) is 0 Å². The fourth-order valence-corrected chi connectivity index (χ4v) is 2.79. The SMILES string of the molecule is Cc1cc(I)ccc1NC(=O)C[NH2+][C@H](C)c1ccccc1. The Morgan fingerprint density at radius 2 is 1.95 bits per heavy atom. The van der Waals surface area contributed by atoms with Crippen molar-refractivity contribution < 1.29 is 10.1 Å². The molecule has 0 unspecified atom stereocenters. The number of benzene rings is 2. The first-order valence-electron chi connectivity index (χ1n) is 7.00. The average molecular weight is 395 g/mol. The van der Waals surface area contributed by atoms with E-state index in [4.69, 9.17) is 0 Å². The van der Waals surface area contributed by atoms with E-state index in [1.54, 1.807) is 0 Å². The standard InChI is InChI=1S/C17H19IN2O/c1-12-10-15(18)8-9-16(12)20-17(21)11-19-13(2)14-6-4-3-5-7-14/h3-10,13,19H,11H2,1-2H3,(H,20,21)/p+1/t13-/m1/s1. The molecule has 4 heteroatoms. The minimum atomic E-state index is 0.0297. The second kappa shape index (κ2) is 7.56. The molecule has 1 amide bonds. The summed E-state index contributed by atoms with van der Waals surface area (Å²) < 4.78 is 1.17. The highest BCUT2D eigenvalue weighted by atomic mass is 127. The largest absolute Gasteiger partial charge is 0.333 e. The van der Waals surface area contributed by atoms with Crippen molar-refractivity contribution in [2.24, 2.45) is 0 Å². The fourth-order valence-electron chi connectivity index (χ4n) is 2.15. The minimum absolute atomic E-state index is 0.0297. The molecule has 21 heavy (non-hydrogen) atoms. The van der Waals surface area contributed by atoms with Crippen molar-refractivity contribution in [1.29, 1.82) is 0 Å². The second-order valence-corrected chi connectivity index (χ2v) is 6.39. The summed E-state index contributed by atoms with van der Waals surface area (Å²) in [6.45, 7) is 4.54. The highest BCUT2D eigenvalue weighted by Gasteiger charge is 2.11. The van der Waals surface area contributed by atoms with Crippen LogP contribution in [0, 0.1) is 10.5 Å². The summed E-state index contributed by atoms with van der Waals surface area (Å²) in [7, 11) is 0. The van der Waals surface area contributed by atoms with Gasteiger partial charge in [0.1, 0.15) is 6.04 Å². The molecule has 3 nitrogen and oxygen atoms in total. The van der Waals surface area contributed by atoms with Gasteiger partial charge in [0, 0.05) is 14.8 Å². The first kappa shape index (κ1) is 16.0. The number of quaternary nitrogens is 1. The lowest BCUT2D eigenvalue weighted by molar-refractivity contribution is -0.682. The number of anilines is 1. The molecule has 2 aromatic rings. The number of hydrogen-bond acceptors (Lipinski definition) is 1. The maximum absolute atomic E-state index is 12.0. The van der Waals surface area contributed by atoms with Crippen LogP contribution >= 0.6 is 22.6 Å². The maximum Gasteiger partial charge on any atom is 0.279 e. The summed E-state index contributed by atoms with van der Waals surface area (Å²) in [6, 6.07) is 16.5. The summed E-state index contributed by atoms with van der Waals surface area (Å²) in [5.74, 6) is 0.0297. The molecule has 0 aliphatic heterocycles. The molecule has 0 aromatic heterocycles. The number of rotatable bonds is 5. The van der Waals surface area contributed by atoms with Gasteiger partial charge in [-0.2, -0.15) is 0 Å². The predicted molar refractivity (Wildman–Crippen MR) is 94.2 cm³/mol. The molecular weight excluding hydrogens is 375 g/mol. The van der Waals surface area contributed by atoms with Crippen molar-refractivity contribution in [3.05, 3.63) is 63.2 Å². The normalized spacial score (nSPS) is 12.0. The van der Waals surface area contributed by atoms with E-state index >= 15 is 0 Å². The van der Waals surface area contributed by atoms with Gasteiger partial charge >= 0.3 is 0 Å². The van der Waals surface area contributed by atoms with Crippen LogP contribution in [0.1, 0.15) is 24.1 Å². The van der Waals surface area contributed by atoms with E-state index in [2.05, 4.69) is 53.0 Å². The van der Waals surface area contributed by atoms with Gasteiger partial charge in [0.15, 0.2) is 6.54 Å². The van der Waals surface area contributed by atoms with E-state index in [0.29, 0.717) is 6.54 Å². The highest BCUT2D eigenvalue weighted by molar-refractivity contribution is 14.1. The average Bonchev–Trinajstić information content (AvgIpc) is 2.48. The van der Waals surface area contributed by atoms with E-state index in [1.807, 2.05) is 42.6 Å². The fraction of sp³-hybridized carbons (Fsp3) is 0.235. The monoisotopic (exact) mass is 395 g/mol. The molecule has 0 saturated carbocycles. The first-order valence-corrected chi connectivity index (χ1v) is 8.08. The molecule has 2 aromatic carbocycles. The summed E-state index contributed by atoms with van der Waals surface area (Å²) in [4.78, 5) is 12.0. The van der Waals surface area contributed by atoms with Crippen molar-refractivity contribution in [3.8, 4) is 0 Å². The number of nitrogens with one attached hydrogen (secondary N) is 1. The Morgan fingerprint density at radius 1 is 1.24 bits per heavy atom. The lowest BCUT2D eigenvalue weighted by atomic mass is 10.1. The van der Waals surface area contributed by atoms with Crippen LogP contribution in [-0.4, -0.2) is 12.5 Å². The highest BCUT2D eigenvalue weighted by Crippen LogP contribution is 2.17. The molecule has 110 valence electrons. The van der Waals surface area contributed by atoms with Crippen molar-refractivity contribution in [2.45, 2.75) is 19.9 Å². The third-order valence-corrected chi connectivity index (χ3v) is 4.12. The smallest absolute Gasteiger partial charge is 0.279 e. The maximum atomic E-state index is 12.0. The van der Waals surface area contributed by atoms with Gasteiger partial charge in [-0.25, -0.2) is 0 Å². The predicted octanol–water partition coefficient (Wildman–Crippen LogP) is 2.86. The van der Waals surface area contributed by atoms with Crippen LogP contribution in [0.15, 0.2) is 48.5 Å². The van der Waals surface area contributed by atoms with Gasteiger partial charge < -0.3 is 10.6 Å². The van der Waals surface area contributed by atoms with E-state index in [0.717, 1.165) is 11.3 Å². The van der Waals surface area contributed by atoms with Crippen LogP contribution in [0.4, 0.5) is 5.69 Å². The van der Waals surface area contributed by atoms with Crippen molar-refractivity contribution in [2.75, 3.05) is 11.9 Å². The molecule has 0 aliphatic rings. The van der Waals surface area contributed by atoms with E-state index < -0.39 is 0 Å². The molecule has 1 atom stereocenters. The minimum Gasteiger partial charge on any atom is -0.333 e. The van der Waals surface area contributed by atoms with Gasteiger partial charge in [0.25, 0.3) is 5.91 Å². The van der Waals surface area contributed by atoms with Crippen LogP contribution < -0.4 is 10.6 Å². The Bertz CT molecular complexity index is 613. The van der Waals surface area contributed by atoms with Crippen LogP contribution in [0.3, 0.4) is 0 Å². The zero-order valence-electron chi connectivity index (χ0n) is 12.3. The van der Waals surface area contributed by atoms with E-state index in [1.165, 1.54) is 9.13 Å². The molecular formula is C17H20IN2O+. The zero-order chi connectivity index (χ0) is 15.2. The van der Waals surface area contributed by atoms with Crippen LogP contribution in [0.25, 0.3) is 0 Å². The third-order valence-electron chi connectivity index (χ3n) is 3.44. The van der Waals surface area contributed by atoms with Crippen LogP contribution in [0.2, 0.25) is 0 Å². The quantitative estimate of drug-likeness (QED) is 0.752. The molecule has 0 spiro atoms. The van der Waals surface area contributed by atoms with Gasteiger partial charge in [-0.3, -0.25) is 4.79 Å². The summed E-state index contributed by atoms with van der Waals surface area (Å²) >= 11 is 2.27. The molecule has 0 saturated heterocycles. The molecule has 3 N–H and O–H groups in total. The second-order valence-electron chi connectivity index (χ2n) is 5.15. The Labute approximate surface area is 139 Å². The number of amides is 1. The number of hydrogen-bond donors (Lipinski definition) is 2. The third kappa shape index (κ3) is 4.82. The Hall–Kier alpha value is -1.40. The van der Waals surface area contributed by atoms with Crippen molar-refractivity contribution >= 4 is 34.2 Å². The summed E-state index contributed by atoms with van der Waals surface area (Å²) in [5, 5.41) is 5.02. The van der Waals surface area contributed by atoms with Crippen LogP contribution in [-0.2, 0) is 4.79 Å². The molecule has 0 bridgehead atoms. The van der Waals surface area contributed by atoms with Crippen molar-refractivity contribution in [1.82, 2.24) is 0 Å². The van der Waals surface area contributed by atoms with Crippen molar-refractivity contribution in [3.63, 3.8) is 0 Å². The lowest BCUT2D eigenvalue weighted by Crippen LogP contribution is -2.86. The molecule has 0 radical (unpaired) electrons. The van der Waals surface area contributed by atoms with Crippen LogP contribution in [0.5, 0.6) is 0 Å². The Kier molecular flexibility index (Phi) is 5.76. The molecule has 0 fully saturated rings. The molecule has 2 rings (SSSR count). The van der Waals surface area contributed by atoms with E-state index in [-0.39, 0.29) is 11.9 Å². The molecule has 0 heterocycles. The number of nitrogens with two attached hydrogens (primary N) is 1. The van der Waals surface area contributed by atoms with Gasteiger partial charge in [-0.1, -0.05) is 30.3 Å². The summed E-state index contributed by atoms with van der Waals surface area (Å²) in [6.07, 6.45) is 0. The number of carbonyl (C=O) groups is 1. The molecule has 0 aliphatic carbocycles. The number of aryl methyl sites for hydroxylation is 1.